The van der Waals surface area contributed by atoms with Crippen molar-refractivity contribution in [1.82, 2.24) is 4.98 Å². The topological polar surface area (TPSA) is 50.2 Å². The summed E-state index contributed by atoms with van der Waals surface area (Å²) in [5.74, 6) is -0.797. The van der Waals surface area contributed by atoms with Gasteiger partial charge in [0.15, 0.2) is 0 Å². The zero-order valence-corrected chi connectivity index (χ0v) is 13.8. The standard InChI is InChI=1S/C18H14ClNO2.ClH/c19-14-8-5-12(6-9-14)17-11-13(7-10-18(21)22)15-3-1-2-4-16(15)20-17;/h1-6,8-9,11H,7,10H2,(H,21,22);1H. The van der Waals surface area contributed by atoms with Gasteiger partial charge >= 0.3 is 5.97 Å². The molecule has 3 aromatic rings. The Bertz CT molecular complexity index is 832. The Morgan fingerprint density at radius 2 is 1.78 bits per heavy atom. The molecular weight excluding hydrogens is 333 g/mol. The lowest BCUT2D eigenvalue weighted by Gasteiger charge is -2.09. The Labute approximate surface area is 145 Å². The zero-order chi connectivity index (χ0) is 15.5. The van der Waals surface area contributed by atoms with E-state index in [-0.39, 0.29) is 18.8 Å². The molecule has 0 radical (unpaired) electrons. The number of fused-ring (bicyclic) bond motifs is 1. The number of aryl methyl sites for hydroxylation is 1. The van der Waals surface area contributed by atoms with Crippen LogP contribution in [0.25, 0.3) is 22.2 Å². The summed E-state index contributed by atoms with van der Waals surface area (Å²) < 4.78 is 0. The highest BCUT2D eigenvalue weighted by molar-refractivity contribution is 6.30. The third-order valence-corrected chi connectivity index (χ3v) is 3.80. The maximum atomic E-state index is 10.9. The fourth-order valence-electron chi connectivity index (χ4n) is 2.46. The predicted octanol–water partition coefficient (Wildman–Crippen LogP) is 4.99. The maximum Gasteiger partial charge on any atom is 0.303 e. The Morgan fingerprint density at radius 1 is 1.09 bits per heavy atom. The van der Waals surface area contributed by atoms with E-state index >= 15 is 0 Å². The van der Waals surface area contributed by atoms with E-state index in [1.54, 1.807) is 0 Å². The number of carbonyl (C=O) groups is 1. The number of rotatable bonds is 4. The molecule has 118 valence electrons. The van der Waals surface area contributed by atoms with Crippen LogP contribution in [0.3, 0.4) is 0 Å². The summed E-state index contributed by atoms with van der Waals surface area (Å²) in [7, 11) is 0. The molecule has 0 spiro atoms. The van der Waals surface area contributed by atoms with Crippen molar-refractivity contribution in [3.05, 3.63) is 65.2 Å². The van der Waals surface area contributed by atoms with Crippen LogP contribution in [0.5, 0.6) is 0 Å². The van der Waals surface area contributed by atoms with Crippen molar-refractivity contribution in [2.24, 2.45) is 0 Å². The first-order valence-electron chi connectivity index (χ1n) is 7.00. The third kappa shape index (κ3) is 4.01. The minimum atomic E-state index is -0.797. The lowest BCUT2D eigenvalue weighted by atomic mass is 10.0. The average molecular weight is 348 g/mol. The molecule has 0 bridgehead atoms. The van der Waals surface area contributed by atoms with E-state index in [2.05, 4.69) is 4.98 Å². The van der Waals surface area contributed by atoms with Crippen molar-refractivity contribution in [1.29, 1.82) is 0 Å². The van der Waals surface area contributed by atoms with E-state index in [1.807, 2.05) is 54.6 Å². The predicted molar refractivity (Wildman–Crippen MR) is 95.4 cm³/mol. The van der Waals surface area contributed by atoms with Crippen LogP contribution in [-0.2, 0) is 11.2 Å². The first-order valence-corrected chi connectivity index (χ1v) is 7.38. The molecule has 2 aromatic carbocycles. The zero-order valence-electron chi connectivity index (χ0n) is 12.2. The van der Waals surface area contributed by atoms with Gasteiger partial charge in [-0.1, -0.05) is 41.9 Å². The van der Waals surface area contributed by atoms with Crippen molar-refractivity contribution in [3.8, 4) is 11.3 Å². The second kappa shape index (κ2) is 7.44. The first kappa shape index (κ1) is 17.3. The first-order chi connectivity index (χ1) is 10.6. The number of hydrogen-bond acceptors (Lipinski definition) is 2. The van der Waals surface area contributed by atoms with Crippen LogP contribution >= 0.6 is 24.0 Å². The highest BCUT2D eigenvalue weighted by atomic mass is 35.5. The normalized spacial score (nSPS) is 10.3. The van der Waals surface area contributed by atoms with Crippen molar-refractivity contribution in [2.75, 3.05) is 0 Å². The number of nitrogens with zero attached hydrogens (tertiary/aromatic N) is 1. The summed E-state index contributed by atoms with van der Waals surface area (Å²) in [6.45, 7) is 0. The Kier molecular flexibility index (Phi) is 5.59. The highest BCUT2D eigenvalue weighted by Crippen LogP contribution is 2.26. The largest absolute Gasteiger partial charge is 0.481 e. The van der Waals surface area contributed by atoms with Gasteiger partial charge in [-0.05, 0) is 36.2 Å². The summed E-state index contributed by atoms with van der Waals surface area (Å²) in [4.78, 5) is 15.5. The molecule has 0 saturated carbocycles. The van der Waals surface area contributed by atoms with Crippen LogP contribution in [0.4, 0.5) is 0 Å². The van der Waals surface area contributed by atoms with Crippen LogP contribution in [0, 0.1) is 0 Å². The lowest BCUT2D eigenvalue weighted by Crippen LogP contribution is -1.99. The molecule has 1 aromatic heterocycles. The summed E-state index contributed by atoms with van der Waals surface area (Å²) in [5.41, 5.74) is 3.66. The second-order valence-electron chi connectivity index (χ2n) is 5.08. The van der Waals surface area contributed by atoms with Crippen LogP contribution in [0.1, 0.15) is 12.0 Å². The number of carboxylic acid groups (broad SMARTS) is 1. The average Bonchev–Trinajstić information content (AvgIpc) is 2.53. The highest BCUT2D eigenvalue weighted by Gasteiger charge is 2.09. The number of pyridine rings is 1. The van der Waals surface area contributed by atoms with Crippen molar-refractivity contribution in [3.63, 3.8) is 0 Å². The number of aromatic nitrogens is 1. The Balaban J connectivity index is 0.00000192. The molecule has 3 nitrogen and oxygen atoms in total. The maximum absolute atomic E-state index is 10.9. The van der Waals surface area contributed by atoms with Gasteiger partial charge in [-0.3, -0.25) is 4.79 Å². The molecule has 1 heterocycles. The number of halogens is 2. The van der Waals surface area contributed by atoms with Crippen LogP contribution in [0.15, 0.2) is 54.6 Å². The van der Waals surface area contributed by atoms with E-state index in [1.165, 1.54) is 0 Å². The van der Waals surface area contributed by atoms with Gasteiger partial charge in [0, 0.05) is 22.4 Å². The summed E-state index contributed by atoms with van der Waals surface area (Å²) in [6, 6.07) is 17.2. The molecule has 0 unspecified atom stereocenters. The SMILES string of the molecule is Cl.O=C(O)CCc1cc(-c2ccc(Cl)cc2)nc2ccccc12. The Morgan fingerprint density at radius 3 is 2.48 bits per heavy atom. The third-order valence-electron chi connectivity index (χ3n) is 3.55. The molecule has 0 atom stereocenters. The van der Waals surface area contributed by atoms with Crippen LogP contribution in [0.2, 0.25) is 5.02 Å². The molecule has 3 rings (SSSR count). The smallest absolute Gasteiger partial charge is 0.303 e. The number of hydrogen-bond donors (Lipinski definition) is 1. The fourth-order valence-corrected chi connectivity index (χ4v) is 2.59. The van der Waals surface area contributed by atoms with E-state index < -0.39 is 5.97 Å². The van der Waals surface area contributed by atoms with Crippen LogP contribution in [-0.4, -0.2) is 16.1 Å². The van der Waals surface area contributed by atoms with E-state index in [0.29, 0.717) is 11.4 Å². The van der Waals surface area contributed by atoms with Gasteiger partial charge in [0.1, 0.15) is 0 Å². The molecule has 0 amide bonds. The van der Waals surface area contributed by atoms with Crippen LogP contribution < -0.4 is 0 Å². The molecule has 5 heteroatoms. The van der Waals surface area contributed by atoms with E-state index in [4.69, 9.17) is 16.7 Å². The molecule has 0 aliphatic rings. The molecule has 1 N–H and O–H groups in total. The van der Waals surface area contributed by atoms with E-state index in [9.17, 15) is 4.79 Å². The minimum absolute atomic E-state index is 0. The lowest BCUT2D eigenvalue weighted by molar-refractivity contribution is -0.136. The monoisotopic (exact) mass is 347 g/mol. The van der Waals surface area contributed by atoms with Gasteiger partial charge < -0.3 is 5.11 Å². The molecule has 23 heavy (non-hydrogen) atoms. The fraction of sp³-hybridized carbons (Fsp3) is 0.111. The van der Waals surface area contributed by atoms with Gasteiger partial charge in [0.25, 0.3) is 0 Å². The summed E-state index contributed by atoms with van der Waals surface area (Å²) in [6.07, 6.45) is 0.590. The summed E-state index contributed by atoms with van der Waals surface area (Å²) in [5, 5.41) is 10.6. The minimum Gasteiger partial charge on any atom is -0.481 e. The quantitative estimate of drug-likeness (QED) is 0.722. The van der Waals surface area contributed by atoms with Crippen molar-refractivity contribution in [2.45, 2.75) is 12.8 Å². The molecule has 0 aliphatic carbocycles. The van der Waals surface area contributed by atoms with Gasteiger partial charge in [0.05, 0.1) is 11.2 Å². The number of aliphatic carboxylic acids is 1. The van der Waals surface area contributed by atoms with Gasteiger partial charge in [-0.2, -0.15) is 0 Å². The van der Waals surface area contributed by atoms with E-state index in [0.717, 1.165) is 27.7 Å². The number of benzene rings is 2. The molecular formula is C18H15Cl2NO2. The second-order valence-corrected chi connectivity index (χ2v) is 5.52. The Hall–Kier alpha value is -2.10. The summed E-state index contributed by atoms with van der Waals surface area (Å²) >= 11 is 5.92. The molecule has 0 saturated heterocycles. The van der Waals surface area contributed by atoms with Crippen molar-refractivity contribution >= 4 is 40.9 Å². The van der Waals surface area contributed by atoms with Gasteiger partial charge in [0.2, 0.25) is 0 Å². The van der Waals surface area contributed by atoms with Gasteiger partial charge in [-0.15, -0.1) is 12.4 Å². The number of carboxylic acids is 1. The molecule has 0 fully saturated rings. The number of para-hydroxylation sites is 1. The molecule has 0 aliphatic heterocycles. The van der Waals surface area contributed by atoms with Crippen molar-refractivity contribution < 1.29 is 9.90 Å². The van der Waals surface area contributed by atoms with Gasteiger partial charge in [-0.25, -0.2) is 4.98 Å².